The molecule has 1 aromatic heterocycles. The van der Waals surface area contributed by atoms with Crippen LogP contribution in [-0.4, -0.2) is 29.1 Å². The van der Waals surface area contributed by atoms with Crippen LogP contribution in [0.5, 0.6) is 0 Å². The highest BCUT2D eigenvalue weighted by molar-refractivity contribution is 5.31. The van der Waals surface area contributed by atoms with Gasteiger partial charge >= 0.3 is 0 Å². The van der Waals surface area contributed by atoms with E-state index in [0.29, 0.717) is 6.04 Å². The molecule has 1 unspecified atom stereocenters. The summed E-state index contributed by atoms with van der Waals surface area (Å²) in [6.07, 6.45) is 7.26. The van der Waals surface area contributed by atoms with E-state index in [1.165, 1.54) is 19.3 Å². The number of nitrogens with zero attached hydrogens (tertiary/aromatic N) is 3. The molecule has 4 heteroatoms. The van der Waals surface area contributed by atoms with Gasteiger partial charge in [-0.2, -0.15) is 0 Å². The Morgan fingerprint density at radius 1 is 1.12 bits per heavy atom. The third kappa shape index (κ3) is 1.78. The SMILES string of the molecule is NC1CC[C@@H]2CN(c3ncccn3)C[C@@H]2C1. The molecule has 2 N–H and O–H groups in total. The summed E-state index contributed by atoms with van der Waals surface area (Å²) in [6, 6.07) is 2.28. The average Bonchev–Trinajstić information content (AvgIpc) is 2.73. The van der Waals surface area contributed by atoms with Gasteiger partial charge in [0, 0.05) is 31.5 Å². The van der Waals surface area contributed by atoms with E-state index in [9.17, 15) is 0 Å². The predicted molar refractivity (Wildman–Crippen MR) is 63.1 cm³/mol. The molecule has 0 spiro atoms. The van der Waals surface area contributed by atoms with Gasteiger partial charge in [0.05, 0.1) is 0 Å². The number of hydrogen-bond donors (Lipinski definition) is 1. The van der Waals surface area contributed by atoms with Gasteiger partial charge in [0.15, 0.2) is 0 Å². The van der Waals surface area contributed by atoms with Gasteiger partial charge in [-0.25, -0.2) is 9.97 Å². The Balaban J connectivity index is 1.73. The fourth-order valence-electron chi connectivity index (χ4n) is 3.09. The van der Waals surface area contributed by atoms with E-state index in [1.54, 1.807) is 0 Å². The Morgan fingerprint density at radius 3 is 2.69 bits per heavy atom. The molecule has 0 radical (unpaired) electrons. The maximum absolute atomic E-state index is 6.03. The van der Waals surface area contributed by atoms with Gasteiger partial charge in [-0.3, -0.25) is 0 Å². The molecular formula is C12H18N4. The van der Waals surface area contributed by atoms with Crippen LogP contribution < -0.4 is 10.6 Å². The Morgan fingerprint density at radius 2 is 1.88 bits per heavy atom. The van der Waals surface area contributed by atoms with Gasteiger partial charge in [-0.15, -0.1) is 0 Å². The maximum Gasteiger partial charge on any atom is 0.225 e. The first-order chi connectivity index (χ1) is 7.83. The maximum atomic E-state index is 6.03. The first-order valence-electron chi connectivity index (χ1n) is 6.10. The summed E-state index contributed by atoms with van der Waals surface area (Å²) in [7, 11) is 0. The molecule has 2 heterocycles. The van der Waals surface area contributed by atoms with Crippen LogP contribution in [0.15, 0.2) is 18.5 Å². The van der Waals surface area contributed by atoms with Gasteiger partial charge in [0.25, 0.3) is 0 Å². The Kier molecular flexibility index (Phi) is 2.52. The molecule has 0 bridgehead atoms. The summed E-state index contributed by atoms with van der Waals surface area (Å²) in [4.78, 5) is 11.0. The molecule has 2 fully saturated rings. The molecule has 2 aliphatic rings. The van der Waals surface area contributed by atoms with Crippen LogP contribution in [-0.2, 0) is 0 Å². The largest absolute Gasteiger partial charge is 0.340 e. The van der Waals surface area contributed by atoms with Crippen LogP contribution in [0.1, 0.15) is 19.3 Å². The van der Waals surface area contributed by atoms with E-state index in [1.807, 2.05) is 18.5 Å². The molecule has 0 amide bonds. The van der Waals surface area contributed by atoms with Gasteiger partial charge in [-0.05, 0) is 37.2 Å². The normalized spacial score (nSPS) is 33.8. The van der Waals surface area contributed by atoms with E-state index < -0.39 is 0 Å². The van der Waals surface area contributed by atoms with Crippen LogP contribution in [0.25, 0.3) is 0 Å². The molecule has 4 nitrogen and oxygen atoms in total. The number of anilines is 1. The Bertz CT molecular complexity index is 353. The van der Waals surface area contributed by atoms with Crippen molar-refractivity contribution >= 4 is 5.95 Å². The van der Waals surface area contributed by atoms with Crippen molar-refractivity contribution in [1.29, 1.82) is 0 Å². The van der Waals surface area contributed by atoms with E-state index in [-0.39, 0.29) is 0 Å². The smallest absolute Gasteiger partial charge is 0.225 e. The van der Waals surface area contributed by atoms with E-state index in [4.69, 9.17) is 5.73 Å². The second kappa shape index (κ2) is 4.01. The molecule has 16 heavy (non-hydrogen) atoms. The van der Waals surface area contributed by atoms with Gasteiger partial charge in [0.2, 0.25) is 5.95 Å². The minimum Gasteiger partial charge on any atom is -0.340 e. The van der Waals surface area contributed by atoms with E-state index in [0.717, 1.165) is 30.9 Å². The third-order valence-corrected chi connectivity index (χ3v) is 3.93. The van der Waals surface area contributed by atoms with Crippen molar-refractivity contribution in [1.82, 2.24) is 9.97 Å². The standard InChI is InChI=1S/C12H18N4/c13-11-3-2-9-7-16(8-10(9)6-11)12-14-4-1-5-15-12/h1,4-5,9-11H,2-3,6-8,13H2/t9-,10+,11?/m1/s1. The quantitative estimate of drug-likeness (QED) is 0.765. The summed E-state index contributed by atoms with van der Waals surface area (Å²) in [5.74, 6) is 2.45. The van der Waals surface area contributed by atoms with E-state index in [2.05, 4.69) is 14.9 Å². The number of rotatable bonds is 1. The molecule has 3 rings (SSSR count). The number of fused-ring (bicyclic) bond motifs is 1. The molecule has 1 saturated heterocycles. The Hall–Kier alpha value is -1.16. The van der Waals surface area contributed by atoms with Crippen LogP contribution >= 0.6 is 0 Å². The first-order valence-corrected chi connectivity index (χ1v) is 6.10. The van der Waals surface area contributed by atoms with Crippen LogP contribution in [0.3, 0.4) is 0 Å². The van der Waals surface area contributed by atoms with Gasteiger partial charge < -0.3 is 10.6 Å². The predicted octanol–water partition coefficient (Wildman–Crippen LogP) is 1.04. The lowest BCUT2D eigenvalue weighted by atomic mass is 9.79. The monoisotopic (exact) mass is 218 g/mol. The van der Waals surface area contributed by atoms with Crippen molar-refractivity contribution in [3.05, 3.63) is 18.5 Å². The van der Waals surface area contributed by atoms with Gasteiger partial charge in [0.1, 0.15) is 0 Å². The molecule has 1 aliphatic heterocycles. The van der Waals surface area contributed by atoms with Crippen molar-refractivity contribution in [3.8, 4) is 0 Å². The zero-order chi connectivity index (χ0) is 11.0. The molecule has 1 aliphatic carbocycles. The van der Waals surface area contributed by atoms with Crippen molar-refractivity contribution in [2.45, 2.75) is 25.3 Å². The van der Waals surface area contributed by atoms with Crippen LogP contribution in [0.4, 0.5) is 5.95 Å². The number of nitrogens with two attached hydrogens (primary N) is 1. The summed E-state index contributed by atoms with van der Waals surface area (Å²) in [5, 5.41) is 0. The number of aromatic nitrogens is 2. The van der Waals surface area contributed by atoms with Gasteiger partial charge in [-0.1, -0.05) is 0 Å². The highest BCUT2D eigenvalue weighted by Crippen LogP contribution is 2.36. The average molecular weight is 218 g/mol. The summed E-state index contributed by atoms with van der Waals surface area (Å²) >= 11 is 0. The first kappa shape index (κ1) is 10.0. The topological polar surface area (TPSA) is 55.0 Å². The zero-order valence-electron chi connectivity index (χ0n) is 9.42. The number of hydrogen-bond acceptors (Lipinski definition) is 4. The lowest BCUT2D eigenvalue weighted by Crippen LogP contribution is -2.32. The zero-order valence-corrected chi connectivity index (χ0v) is 9.42. The highest BCUT2D eigenvalue weighted by atomic mass is 15.3. The highest BCUT2D eigenvalue weighted by Gasteiger charge is 2.37. The second-order valence-electron chi connectivity index (χ2n) is 5.05. The molecule has 0 aromatic carbocycles. The van der Waals surface area contributed by atoms with Crippen molar-refractivity contribution in [2.24, 2.45) is 17.6 Å². The second-order valence-corrected chi connectivity index (χ2v) is 5.05. The van der Waals surface area contributed by atoms with Crippen molar-refractivity contribution in [3.63, 3.8) is 0 Å². The third-order valence-electron chi connectivity index (χ3n) is 3.93. The van der Waals surface area contributed by atoms with Crippen LogP contribution in [0.2, 0.25) is 0 Å². The molecular weight excluding hydrogens is 200 g/mol. The minimum atomic E-state index is 0.415. The fraction of sp³-hybridized carbons (Fsp3) is 0.667. The minimum absolute atomic E-state index is 0.415. The van der Waals surface area contributed by atoms with Crippen LogP contribution in [0, 0.1) is 11.8 Å². The van der Waals surface area contributed by atoms with E-state index >= 15 is 0 Å². The molecule has 86 valence electrons. The van der Waals surface area contributed by atoms with Crippen molar-refractivity contribution < 1.29 is 0 Å². The molecule has 3 atom stereocenters. The molecule has 1 aromatic rings. The molecule has 1 saturated carbocycles. The fourth-order valence-corrected chi connectivity index (χ4v) is 3.09. The summed E-state index contributed by atoms with van der Waals surface area (Å²) in [5.41, 5.74) is 6.03. The summed E-state index contributed by atoms with van der Waals surface area (Å²) in [6.45, 7) is 2.20. The van der Waals surface area contributed by atoms with Crippen molar-refractivity contribution in [2.75, 3.05) is 18.0 Å². The lowest BCUT2D eigenvalue weighted by molar-refractivity contribution is 0.271. The Labute approximate surface area is 95.9 Å². The lowest BCUT2D eigenvalue weighted by Gasteiger charge is -2.27. The summed E-state index contributed by atoms with van der Waals surface area (Å²) < 4.78 is 0.